The molecule has 5 heteroatoms. The van der Waals surface area contributed by atoms with Gasteiger partial charge in [0.15, 0.2) is 0 Å². The lowest BCUT2D eigenvalue weighted by atomic mass is 9.91. The highest BCUT2D eigenvalue weighted by Crippen LogP contribution is 2.54. The second kappa shape index (κ2) is 16.4. The van der Waals surface area contributed by atoms with Gasteiger partial charge in [0.1, 0.15) is 11.5 Å². The van der Waals surface area contributed by atoms with Crippen LogP contribution >= 0.6 is 11.3 Å². The van der Waals surface area contributed by atoms with E-state index in [-0.39, 0.29) is 0 Å². The normalized spacial score (nSPS) is 12.0. The average Bonchev–Trinajstić information content (AvgIpc) is 3.60. The zero-order valence-corrected chi connectivity index (χ0v) is 31.3. The molecule has 1 heterocycles. The summed E-state index contributed by atoms with van der Waals surface area (Å²) < 4.78 is 2.33. The Labute approximate surface area is 318 Å². The minimum Gasteiger partial charge on any atom is -0.342 e. The number of thiophene rings is 1. The van der Waals surface area contributed by atoms with E-state index in [0.717, 1.165) is 85.8 Å². The highest BCUT2D eigenvalue weighted by molar-refractivity contribution is 7.18. The van der Waals surface area contributed by atoms with Gasteiger partial charge in [0.05, 0.1) is 6.57 Å². The van der Waals surface area contributed by atoms with E-state index in [9.17, 15) is 0 Å². The third kappa shape index (κ3) is 7.28. The van der Waals surface area contributed by atoms with E-state index in [1.807, 2.05) is 12.1 Å². The van der Waals surface area contributed by atoms with Crippen molar-refractivity contribution in [1.29, 1.82) is 0 Å². The number of nitrogens with zero attached hydrogens (tertiary/aromatic N) is 4. The van der Waals surface area contributed by atoms with Crippen molar-refractivity contribution < 1.29 is 4.58 Å². The van der Waals surface area contributed by atoms with E-state index < -0.39 is 0 Å². The van der Waals surface area contributed by atoms with Gasteiger partial charge in [-0.25, -0.2) is 4.85 Å². The van der Waals surface area contributed by atoms with Crippen molar-refractivity contribution in [3.05, 3.63) is 197 Å². The van der Waals surface area contributed by atoms with Crippen LogP contribution < -0.4 is 9.80 Å². The monoisotopic (exact) mass is 707 g/mol. The minimum atomic E-state index is 0.676. The lowest BCUT2D eigenvalue weighted by Crippen LogP contribution is -2.15. The van der Waals surface area contributed by atoms with Gasteiger partial charge in [-0.1, -0.05) is 97.1 Å². The van der Waals surface area contributed by atoms with Crippen LogP contribution in [0.2, 0.25) is 0 Å². The van der Waals surface area contributed by atoms with Crippen LogP contribution in [0.1, 0.15) is 31.2 Å². The summed E-state index contributed by atoms with van der Waals surface area (Å²) in [7, 11) is 0. The van der Waals surface area contributed by atoms with Gasteiger partial charge in [0.25, 0.3) is 0 Å². The fourth-order valence-corrected chi connectivity index (χ4v) is 8.52. The zero-order chi connectivity index (χ0) is 36.6. The predicted molar refractivity (Wildman–Crippen MR) is 227 cm³/mol. The van der Waals surface area contributed by atoms with Crippen molar-refractivity contribution in [2.75, 3.05) is 29.4 Å². The zero-order valence-electron chi connectivity index (χ0n) is 30.5. The molecule has 0 fully saturated rings. The number of hydrogen-bond acceptors (Lipinski definition) is 3. The molecule has 1 aliphatic carbocycles. The summed E-state index contributed by atoms with van der Waals surface area (Å²) >= 11 is 1.71. The third-order valence-electron chi connectivity index (χ3n) is 9.60. The highest BCUT2D eigenvalue weighted by Gasteiger charge is 2.28. The fourth-order valence-electron chi connectivity index (χ4n) is 7.09. The molecule has 260 valence electrons. The molecule has 0 saturated heterocycles. The molecule has 0 unspecified atom stereocenters. The molecule has 0 aliphatic heterocycles. The molecule has 0 bridgehead atoms. The summed E-state index contributed by atoms with van der Waals surface area (Å²) in [5, 5.41) is 0.954. The quantitative estimate of drug-likeness (QED) is 0.0983. The van der Waals surface area contributed by atoms with Crippen LogP contribution in [-0.2, 0) is 0 Å². The van der Waals surface area contributed by atoms with Crippen LogP contribution in [0, 0.1) is 6.57 Å². The Morgan fingerprint density at radius 3 is 1.64 bits per heavy atom. The molecular formula is C48H43N4S+. The van der Waals surface area contributed by atoms with Crippen LogP contribution in [0.3, 0.4) is 0 Å². The van der Waals surface area contributed by atoms with E-state index >= 15 is 0 Å². The molecule has 0 saturated carbocycles. The van der Waals surface area contributed by atoms with Gasteiger partial charge < -0.3 is 9.80 Å². The van der Waals surface area contributed by atoms with E-state index in [0.29, 0.717) is 5.69 Å². The van der Waals surface area contributed by atoms with Crippen molar-refractivity contribution in [3.63, 3.8) is 0 Å². The van der Waals surface area contributed by atoms with Crippen LogP contribution in [0.25, 0.3) is 21.5 Å². The summed E-state index contributed by atoms with van der Waals surface area (Å²) in [5.41, 5.74) is 11.7. The summed E-state index contributed by atoms with van der Waals surface area (Å²) in [6.07, 6.45) is 8.94. The van der Waals surface area contributed by atoms with Gasteiger partial charge in [-0.3, -0.25) is 0 Å². The van der Waals surface area contributed by atoms with E-state index in [2.05, 4.69) is 198 Å². The molecule has 0 radical (unpaired) electrons. The van der Waals surface area contributed by atoms with Crippen LogP contribution in [0.4, 0.5) is 33.4 Å². The lowest BCUT2D eigenvalue weighted by molar-refractivity contribution is -0.434. The Bertz CT molecular complexity index is 2310. The largest absolute Gasteiger partial charge is 0.342 e. The first kappa shape index (κ1) is 35.2. The first-order valence-electron chi connectivity index (χ1n) is 18.3. The van der Waals surface area contributed by atoms with Gasteiger partial charge in [0.2, 0.25) is 17.1 Å². The highest BCUT2D eigenvalue weighted by atomic mass is 32.1. The predicted octanol–water partition coefficient (Wildman–Crippen LogP) is 13.0. The molecule has 0 N–H and O–H groups in total. The topological polar surface area (TPSA) is 13.8 Å². The second-order valence-electron chi connectivity index (χ2n) is 12.6. The van der Waals surface area contributed by atoms with Crippen LogP contribution in [0.5, 0.6) is 0 Å². The molecule has 4 nitrogen and oxygen atoms in total. The lowest BCUT2D eigenvalue weighted by Gasteiger charge is -2.24. The molecule has 0 amide bonds. The van der Waals surface area contributed by atoms with E-state index in [1.54, 1.807) is 11.3 Å². The van der Waals surface area contributed by atoms with Crippen LogP contribution in [-0.4, -0.2) is 29.9 Å². The molecule has 1 aromatic heterocycles. The van der Waals surface area contributed by atoms with Crippen molar-refractivity contribution in [3.8, 4) is 11.1 Å². The van der Waals surface area contributed by atoms with Gasteiger partial charge in [-0.2, -0.15) is 4.58 Å². The van der Waals surface area contributed by atoms with Gasteiger partial charge in [-0.15, -0.1) is 11.3 Å². The average molecular weight is 708 g/mol. The molecule has 5 aromatic carbocycles. The van der Waals surface area contributed by atoms with E-state index in [1.165, 1.54) is 0 Å². The van der Waals surface area contributed by atoms with Crippen molar-refractivity contribution in [1.82, 2.24) is 0 Å². The standard InChI is InChI=1S/C48H43N4S/c1-5-50(39-22-14-9-15-23-39)42-32-28-37(29-33-42)44(38-30-34-43(35-31-38)51(6-2)40-24-16-10-17-25-40)47-45(36-20-12-8-13-21-36)46(49-4)48(53-47)52(7-3)41-26-18-11-19-27-41/h8-35H,5-7H2,1-3H3/q+1. The maximum atomic E-state index is 8.61. The van der Waals surface area contributed by atoms with E-state index in [4.69, 9.17) is 6.57 Å². The SMILES string of the molecule is [C-]#[N+]c1c(N(CC)c2ccccc2)sc(C(=C2C=CC(=[N+](CC)c3ccccc3)C=C2)c2ccc(N(CC)c3ccccc3)cc2)c1-c1ccccc1. The number of allylic oxidation sites excluding steroid dienone is 5. The first-order chi connectivity index (χ1) is 26.1. The third-order valence-corrected chi connectivity index (χ3v) is 10.8. The Morgan fingerprint density at radius 2 is 1.11 bits per heavy atom. The summed E-state index contributed by atoms with van der Waals surface area (Å²) in [6.45, 7) is 17.6. The Hall–Kier alpha value is -6.22. The molecule has 53 heavy (non-hydrogen) atoms. The first-order valence-corrected chi connectivity index (χ1v) is 19.1. The minimum absolute atomic E-state index is 0.676. The molecule has 0 atom stereocenters. The molecule has 7 rings (SSSR count). The van der Waals surface area contributed by atoms with Gasteiger partial charge >= 0.3 is 0 Å². The van der Waals surface area contributed by atoms with Crippen molar-refractivity contribution in [2.45, 2.75) is 20.8 Å². The number of anilines is 4. The summed E-state index contributed by atoms with van der Waals surface area (Å²) in [4.78, 5) is 9.97. The fraction of sp³-hybridized carbons (Fsp3) is 0.125. The number of rotatable bonds is 11. The van der Waals surface area contributed by atoms with Gasteiger partial charge in [-0.05, 0) is 86.0 Å². The number of para-hydroxylation sites is 3. The van der Waals surface area contributed by atoms with Gasteiger partial charge in [0, 0.05) is 70.5 Å². The maximum Gasteiger partial charge on any atom is 0.229 e. The molecular weight excluding hydrogens is 665 g/mol. The second-order valence-corrected chi connectivity index (χ2v) is 13.6. The number of hydrogen-bond donors (Lipinski definition) is 0. The molecule has 6 aromatic rings. The summed E-state index contributed by atoms with van der Waals surface area (Å²) in [5.74, 6) is 0. The maximum absolute atomic E-state index is 8.61. The van der Waals surface area contributed by atoms with Crippen LogP contribution in [0.15, 0.2) is 175 Å². The smallest absolute Gasteiger partial charge is 0.229 e. The summed E-state index contributed by atoms with van der Waals surface area (Å²) in [6, 6.07) is 50.9. The molecule has 0 spiro atoms. The Balaban J connectivity index is 1.46. The Morgan fingerprint density at radius 1 is 0.604 bits per heavy atom. The van der Waals surface area contributed by atoms with Crippen molar-refractivity contribution >= 4 is 56.1 Å². The Kier molecular flexibility index (Phi) is 10.9. The molecule has 1 aliphatic rings. The number of benzene rings is 5. The van der Waals surface area contributed by atoms with Crippen molar-refractivity contribution in [2.24, 2.45) is 0 Å².